The van der Waals surface area contributed by atoms with E-state index in [0.29, 0.717) is 6.54 Å². The number of rotatable bonds is 5. The second-order valence-electron chi connectivity index (χ2n) is 2.93. The number of halogens is 1. The first kappa shape index (κ1) is 11.5. The number of thiophene rings is 1. The highest BCUT2D eigenvalue weighted by molar-refractivity contribution is 7.10. The van der Waals surface area contributed by atoms with E-state index in [1.807, 2.05) is 23.3 Å². The average Bonchev–Trinajstić information content (AvgIpc) is 2.49. The van der Waals surface area contributed by atoms with Crippen molar-refractivity contribution >= 4 is 28.9 Å². The van der Waals surface area contributed by atoms with Crippen LogP contribution in [0.3, 0.4) is 0 Å². The molecule has 0 aliphatic rings. The molecule has 0 spiro atoms. The highest BCUT2D eigenvalue weighted by atomic mass is 35.5. The van der Waals surface area contributed by atoms with Gasteiger partial charge in [0, 0.05) is 16.8 Å². The van der Waals surface area contributed by atoms with E-state index >= 15 is 0 Å². The van der Waals surface area contributed by atoms with Gasteiger partial charge in [0.05, 0.1) is 11.6 Å². The fourth-order valence-electron chi connectivity index (χ4n) is 1.13. The van der Waals surface area contributed by atoms with Crippen LogP contribution in [-0.2, 0) is 11.3 Å². The number of nitrogens with zero attached hydrogens (tertiary/aromatic N) is 1. The van der Waals surface area contributed by atoms with Gasteiger partial charge in [-0.15, -0.1) is 11.3 Å². The number of carbonyl (C=O) groups is 1. The lowest BCUT2D eigenvalue weighted by atomic mass is 10.4. The lowest BCUT2D eigenvalue weighted by Gasteiger charge is -2.16. The standard InChI is InChI=1S/C9H12ClNO2S/c1-2-11(5-9(12)13)4-8-3-7(10)6-14-8/h3,6H,2,4-5H2,1H3,(H,12,13). The molecule has 14 heavy (non-hydrogen) atoms. The summed E-state index contributed by atoms with van der Waals surface area (Å²) >= 11 is 7.32. The number of hydrogen-bond donors (Lipinski definition) is 1. The fraction of sp³-hybridized carbons (Fsp3) is 0.444. The van der Waals surface area contributed by atoms with Crippen LogP contribution >= 0.6 is 22.9 Å². The number of aliphatic carboxylic acids is 1. The second kappa shape index (κ2) is 5.34. The molecule has 0 radical (unpaired) electrons. The van der Waals surface area contributed by atoms with Crippen LogP contribution in [0.1, 0.15) is 11.8 Å². The summed E-state index contributed by atoms with van der Waals surface area (Å²) in [5, 5.41) is 11.2. The van der Waals surface area contributed by atoms with Crippen molar-refractivity contribution in [2.75, 3.05) is 13.1 Å². The lowest BCUT2D eigenvalue weighted by molar-refractivity contribution is -0.138. The van der Waals surface area contributed by atoms with Crippen molar-refractivity contribution in [3.05, 3.63) is 21.3 Å². The molecule has 0 bridgehead atoms. The van der Waals surface area contributed by atoms with Gasteiger partial charge in [-0.25, -0.2) is 0 Å². The SMILES string of the molecule is CCN(CC(=O)O)Cc1cc(Cl)cs1. The molecule has 0 atom stereocenters. The predicted molar refractivity (Wildman–Crippen MR) is 57.9 cm³/mol. The predicted octanol–water partition coefficient (Wildman–Crippen LogP) is 2.31. The maximum absolute atomic E-state index is 10.5. The summed E-state index contributed by atoms with van der Waals surface area (Å²) in [5.74, 6) is -0.797. The van der Waals surface area contributed by atoms with Gasteiger partial charge < -0.3 is 5.11 Å². The second-order valence-corrected chi connectivity index (χ2v) is 4.36. The molecule has 78 valence electrons. The van der Waals surface area contributed by atoms with Gasteiger partial charge in [-0.3, -0.25) is 9.69 Å². The first-order valence-corrected chi connectivity index (χ1v) is 5.54. The van der Waals surface area contributed by atoms with Crippen LogP contribution in [0.25, 0.3) is 0 Å². The first-order valence-electron chi connectivity index (χ1n) is 4.29. The van der Waals surface area contributed by atoms with E-state index in [0.717, 1.165) is 16.4 Å². The molecular formula is C9H12ClNO2S. The fourth-order valence-corrected chi connectivity index (χ4v) is 2.24. The minimum absolute atomic E-state index is 0.0754. The molecule has 0 saturated heterocycles. The van der Waals surface area contributed by atoms with Crippen LogP contribution in [-0.4, -0.2) is 29.1 Å². The van der Waals surface area contributed by atoms with Gasteiger partial charge in [-0.2, -0.15) is 0 Å². The number of carboxylic acids is 1. The molecule has 1 N–H and O–H groups in total. The molecule has 1 heterocycles. The Morgan fingerprint density at radius 3 is 2.86 bits per heavy atom. The summed E-state index contributed by atoms with van der Waals surface area (Å²) in [7, 11) is 0. The third-order valence-electron chi connectivity index (χ3n) is 1.81. The van der Waals surface area contributed by atoms with Crippen LogP contribution in [0.4, 0.5) is 0 Å². The molecule has 0 aliphatic carbocycles. The quantitative estimate of drug-likeness (QED) is 0.849. The highest BCUT2D eigenvalue weighted by Crippen LogP contribution is 2.20. The Bertz CT molecular complexity index is 314. The molecule has 0 saturated carbocycles. The third-order valence-corrected chi connectivity index (χ3v) is 3.08. The molecule has 0 aromatic carbocycles. The van der Waals surface area contributed by atoms with E-state index in [-0.39, 0.29) is 6.54 Å². The van der Waals surface area contributed by atoms with Crippen molar-refractivity contribution < 1.29 is 9.90 Å². The molecule has 1 aromatic rings. The Balaban J connectivity index is 2.52. The number of carboxylic acid groups (broad SMARTS) is 1. The van der Waals surface area contributed by atoms with Crippen LogP contribution in [0.5, 0.6) is 0 Å². The zero-order chi connectivity index (χ0) is 10.6. The summed E-state index contributed by atoms with van der Waals surface area (Å²) in [6, 6.07) is 1.87. The Morgan fingerprint density at radius 1 is 1.71 bits per heavy atom. The molecule has 0 amide bonds. The smallest absolute Gasteiger partial charge is 0.317 e. The van der Waals surface area contributed by atoms with Gasteiger partial charge in [0.1, 0.15) is 0 Å². The number of likely N-dealkylation sites (N-methyl/N-ethyl adjacent to an activating group) is 1. The Kier molecular flexibility index (Phi) is 4.38. The summed E-state index contributed by atoms with van der Waals surface area (Å²) in [5.41, 5.74) is 0. The van der Waals surface area contributed by atoms with Gasteiger partial charge in [0.2, 0.25) is 0 Å². The zero-order valence-electron chi connectivity index (χ0n) is 7.86. The van der Waals surface area contributed by atoms with Crippen molar-refractivity contribution in [2.45, 2.75) is 13.5 Å². The first-order chi connectivity index (χ1) is 6.61. The van der Waals surface area contributed by atoms with Gasteiger partial charge >= 0.3 is 5.97 Å². The zero-order valence-corrected chi connectivity index (χ0v) is 9.44. The van der Waals surface area contributed by atoms with Crippen LogP contribution in [0, 0.1) is 0 Å². The molecule has 1 rings (SSSR count). The van der Waals surface area contributed by atoms with Crippen molar-refractivity contribution in [1.82, 2.24) is 4.90 Å². The van der Waals surface area contributed by atoms with E-state index in [1.165, 1.54) is 0 Å². The van der Waals surface area contributed by atoms with E-state index in [9.17, 15) is 4.79 Å². The monoisotopic (exact) mass is 233 g/mol. The summed E-state index contributed by atoms with van der Waals surface area (Å²) < 4.78 is 0. The highest BCUT2D eigenvalue weighted by Gasteiger charge is 2.09. The van der Waals surface area contributed by atoms with Crippen molar-refractivity contribution in [2.24, 2.45) is 0 Å². The molecule has 0 aliphatic heterocycles. The van der Waals surface area contributed by atoms with Crippen molar-refractivity contribution in [1.29, 1.82) is 0 Å². The molecule has 0 fully saturated rings. The third kappa shape index (κ3) is 3.65. The van der Waals surface area contributed by atoms with Gasteiger partial charge in [-0.1, -0.05) is 18.5 Å². The van der Waals surface area contributed by atoms with Crippen LogP contribution in [0.15, 0.2) is 11.4 Å². The molecular weight excluding hydrogens is 222 g/mol. The van der Waals surface area contributed by atoms with Crippen LogP contribution < -0.4 is 0 Å². The molecule has 1 aromatic heterocycles. The number of hydrogen-bond acceptors (Lipinski definition) is 3. The molecule has 3 nitrogen and oxygen atoms in total. The van der Waals surface area contributed by atoms with E-state index in [2.05, 4.69) is 0 Å². The lowest BCUT2D eigenvalue weighted by Crippen LogP contribution is -2.28. The Hall–Kier alpha value is -0.580. The van der Waals surface area contributed by atoms with Crippen LogP contribution in [0.2, 0.25) is 5.02 Å². The minimum atomic E-state index is -0.797. The average molecular weight is 234 g/mol. The summed E-state index contributed by atoms with van der Waals surface area (Å²) in [6.07, 6.45) is 0. The summed E-state index contributed by atoms with van der Waals surface area (Å²) in [6.45, 7) is 3.40. The Morgan fingerprint density at radius 2 is 2.43 bits per heavy atom. The topological polar surface area (TPSA) is 40.5 Å². The maximum Gasteiger partial charge on any atom is 0.317 e. The van der Waals surface area contributed by atoms with Crippen molar-refractivity contribution in [3.63, 3.8) is 0 Å². The van der Waals surface area contributed by atoms with E-state index < -0.39 is 5.97 Å². The van der Waals surface area contributed by atoms with Gasteiger partial charge in [-0.05, 0) is 12.6 Å². The van der Waals surface area contributed by atoms with Crippen molar-refractivity contribution in [3.8, 4) is 0 Å². The van der Waals surface area contributed by atoms with E-state index in [4.69, 9.17) is 16.7 Å². The molecule has 5 heteroatoms. The minimum Gasteiger partial charge on any atom is -0.480 e. The summed E-state index contributed by atoms with van der Waals surface area (Å²) in [4.78, 5) is 13.4. The van der Waals surface area contributed by atoms with E-state index in [1.54, 1.807) is 11.3 Å². The van der Waals surface area contributed by atoms with Gasteiger partial charge in [0.25, 0.3) is 0 Å². The maximum atomic E-state index is 10.5. The largest absolute Gasteiger partial charge is 0.480 e. The van der Waals surface area contributed by atoms with Gasteiger partial charge in [0.15, 0.2) is 0 Å². The normalized spacial score (nSPS) is 10.8. The molecule has 0 unspecified atom stereocenters. The Labute approximate surface area is 91.9 Å².